The van der Waals surface area contributed by atoms with Crippen LogP contribution in [0, 0.1) is 6.92 Å². The van der Waals surface area contributed by atoms with Crippen molar-refractivity contribution in [1.29, 1.82) is 0 Å². The fraction of sp³-hybridized carbons (Fsp3) is 0.346. The zero-order chi connectivity index (χ0) is 23.8. The zero-order valence-corrected chi connectivity index (χ0v) is 19.4. The molecule has 2 N–H and O–H groups in total. The SMILES string of the molecule is CCCCOCCCN1C(=O)C(Nc2ccc(NC(C)=O)cc2)=C(c2ccc(C)cc2)C1=O. The van der Waals surface area contributed by atoms with Gasteiger partial charge in [0.25, 0.3) is 11.8 Å². The third-order valence-electron chi connectivity index (χ3n) is 5.30. The quantitative estimate of drug-likeness (QED) is 0.393. The summed E-state index contributed by atoms with van der Waals surface area (Å²) in [5, 5.41) is 5.85. The number of nitrogens with zero attached hydrogens (tertiary/aromatic N) is 1. The van der Waals surface area contributed by atoms with Gasteiger partial charge in [-0.25, -0.2) is 0 Å². The monoisotopic (exact) mass is 449 g/mol. The van der Waals surface area contributed by atoms with Crippen molar-refractivity contribution in [2.24, 2.45) is 0 Å². The number of hydrogen-bond acceptors (Lipinski definition) is 5. The number of aryl methyl sites for hydroxylation is 1. The normalized spacial score (nSPS) is 13.6. The largest absolute Gasteiger partial charge is 0.381 e. The molecule has 7 nitrogen and oxygen atoms in total. The molecule has 0 bridgehead atoms. The van der Waals surface area contributed by atoms with Crippen molar-refractivity contribution in [3.05, 3.63) is 65.4 Å². The molecule has 0 radical (unpaired) electrons. The van der Waals surface area contributed by atoms with E-state index >= 15 is 0 Å². The van der Waals surface area contributed by atoms with E-state index in [-0.39, 0.29) is 23.4 Å². The molecule has 174 valence electrons. The first kappa shape index (κ1) is 24.2. The topological polar surface area (TPSA) is 87.7 Å². The van der Waals surface area contributed by atoms with Crippen LogP contribution in [0.15, 0.2) is 54.2 Å². The first-order chi connectivity index (χ1) is 15.9. The van der Waals surface area contributed by atoms with Crippen LogP contribution >= 0.6 is 0 Å². The van der Waals surface area contributed by atoms with Crippen molar-refractivity contribution >= 4 is 34.7 Å². The van der Waals surface area contributed by atoms with Crippen LogP contribution in [0.4, 0.5) is 11.4 Å². The van der Waals surface area contributed by atoms with Crippen LogP contribution in [0.5, 0.6) is 0 Å². The minimum absolute atomic E-state index is 0.161. The Balaban J connectivity index is 1.81. The van der Waals surface area contributed by atoms with Crippen molar-refractivity contribution in [2.45, 2.75) is 40.0 Å². The van der Waals surface area contributed by atoms with Gasteiger partial charge in [-0.15, -0.1) is 0 Å². The molecular formula is C26H31N3O4. The van der Waals surface area contributed by atoms with Crippen LogP contribution in [0.3, 0.4) is 0 Å². The van der Waals surface area contributed by atoms with Crippen LogP contribution in [0.25, 0.3) is 5.57 Å². The number of amides is 3. The summed E-state index contributed by atoms with van der Waals surface area (Å²) in [6, 6.07) is 14.5. The molecule has 2 aromatic carbocycles. The van der Waals surface area contributed by atoms with Crippen LogP contribution < -0.4 is 10.6 Å². The molecule has 3 rings (SSSR count). The molecule has 1 heterocycles. The molecule has 0 saturated carbocycles. The third-order valence-corrected chi connectivity index (χ3v) is 5.30. The van der Waals surface area contributed by atoms with E-state index in [1.165, 1.54) is 11.8 Å². The first-order valence-corrected chi connectivity index (χ1v) is 11.3. The number of benzene rings is 2. The summed E-state index contributed by atoms with van der Waals surface area (Å²) < 4.78 is 5.58. The second kappa shape index (κ2) is 11.4. The van der Waals surface area contributed by atoms with E-state index in [1.54, 1.807) is 24.3 Å². The lowest BCUT2D eigenvalue weighted by atomic mass is 10.0. The molecule has 3 amide bonds. The number of imide groups is 1. The van der Waals surface area contributed by atoms with Gasteiger partial charge in [-0.05, 0) is 49.6 Å². The summed E-state index contributed by atoms with van der Waals surface area (Å²) in [6.07, 6.45) is 2.64. The predicted molar refractivity (Wildman–Crippen MR) is 130 cm³/mol. The van der Waals surface area contributed by atoms with E-state index in [9.17, 15) is 14.4 Å². The minimum atomic E-state index is -0.352. The Hall–Kier alpha value is -3.45. The predicted octanol–water partition coefficient (Wildman–Crippen LogP) is 4.35. The summed E-state index contributed by atoms with van der Waals surface area (Å²) in [4.78, 5) is 39.0. The van der Waals surface area contributed by atoms with Crippen molar-refractivity contribution in [3.8, 4) is 0 Å². The van der Waals surface area contributed by atoms with Gasteiger partial charge < -0.3 is 15.4 Å². The van der Waals surface area contributed by atoms with Crippen molar-refractivity contribution < 1.29 is 19.1 Å². The lowest BCUT2D eigenvalue weighted by Gasteiger charge is -2.15. The van der Waals surface area contributed by atoms with Crippen molar-refractivity contribution in [2.75, 3.05) is 30.4 Å². The van der Waals surface area contributed by atoms with Gasteiger partial charge in [0, 0.05) is 38.1 Å². The molecule has 0 aliphatic carbocycles. The van der Waals surface area contributed by atoms with Gasteiger partial charge in [0.1, 0.15) is 5.70 Å². The molecular weight excluding hydrogens is 418 g/mol. The third kappa shape index (κ3) is 6.29. The fourth-order valence-electron chi connectivity index (χ4n) is 3.54. The molecule has 1 aliphatic rings. The van der Waals surface area contributed by atoms with E-state index in [4.69, 9.17) is 4.74 Å². The number of rotatable bonds is 11. The highest BCUT2D eigenvalue weighted by Gasteiger charge is 2.38. The van der Waals surface area contributed by atoms with Gasteiger partial charge >= 0.3 is 0 Å². The Morgan fingerprint density at radius 3 is 2.18 bits per heavy atom. The van der Waals surface area contributed by atoms with Gasteiger partial charge in [0.15, 0.2) is 0 Å². The Morgan fingerprint density at radius 2 is 1.55 bits per heavy atom. The van der Waals surface area contributed by atoms with Crippen LogP contribution in [0.2, 0.25) is 0 Å². The highest BCUT2D eigenvalue weighted by atomic mass is 16.5. The molecule has 7 heteroatoms. The van der Waals surface area contributed by atoms with E-state index in [1.807, 2.05) is 31.2 Å². The van der Waals surface area contributed by atoms with Crippen LogP contribution in [0.1, 0.15) is 44.2 Å². The molecule has 2 aromatic rings. The van der Waals surface area contributed by atoms with E-state index in [0.29, 0.717) is 48.7 Å². The lowest BCUT2D eigenvalue weighted by Crippen LogP contribution is -2.34. The summed E-state index contributed by atoms with van der Waals surface area (Å²) in [7, 11) is 0. The summed E-state index contributed by atoms with van der Waals surface area (Å²) in [5.74, 6) is -0.823. The summed E-state index contributed by atoms with van der Waals surface area (Å²) >= 11 is 0. The highest BCUT2D eigenvalue weighted by Crippen LogP contribution is 2.31. The maximum absolute atomic E-state index is 13.3. The van der Waals surface area contributed by atoms with Gasteiger partial charge in [-0.1, -0.05) is 43.2 Å². The lowest BCUT2D eigenvalue weighted by molar-refractivity contribution is -0.137. The maximum Gasteiger partial charge on any atom is 0.278 e. The Labute approximate surface area is 194 Å². The Bertz CT molecular complexity index is 1030. The average molecular weight is 450 g/mol. The number of anilines is 2. The average Bonchev–Trinajstić information content (AvgIpc) is 3.01. The highest BCUT2D eigenvalue weighted by molar-refractivity contribution is 6.36. The number of ether oxygens (including phenoxy) is 1. The van der Waals surface area contributed by atoms with Crippen molar-refractivity contribution in [1.82, 2.24) is 4.90 Å². The van der Waals surface area contributed by atoms with Gasteiger partial charge in [-0.2, -0.15) is 0 Å². The number of carbonyl (C=O) groups excluding carboxylic acids is 3. The van der Waals surface area contributed by atoms with Gasteiger partial charge in [0.05, 0.1) is 5.57 Å². The number of hydrogen-bond donors (Lipinski definition) is 2. The molecule has 0 atom stereocenters. The van der Waals surface area contributed by atoms with E-state index in [2.05, 4.69) is 17.6 Å². The Kier molecular flexibility index (Phi) is 8.38. The second-order valence-electron chi connectivity index (χ2n) is 8.08. The molecule has 0 fully saturated rings. The molecule has 0 aromatic heterocycles. The van der Waals surface area contributed by atoms with Crippen molar-refractivity contribution in [3.63, 3.8) is 0 Å². The smallest absolute Gasteiger partial charge is 0.278 e. The maximum atomic E-state index is 13.3. The molecule has 0 saturated heterocycles. The zero-order valence-electron chi connectivity index (χ0n) is 19.4. The summed E-state index contributed by atoms with van der Waals surface area (Å²) in [6.45, 7) is 7.01. The summed E-state index contributed by atoms with van der Waals surface area (Å²) in [5.41, 5.74) is 3.67. The number of nitrogens with one attached hydrogen (secondary N) is 2. The standard InChI is InChI=1S/C26H31N3O4/c1-4-5-16-33-17-6-15-29-25(31)23(20-9-7-18(2)8-10-20)24(26(29)32)28-22-13-11-21(12-14-22)27-19(3)30/h7-14,28H,4-6,15-17H2,1-3H3,(H,27,30). The van der Waals surface area contributed by atoms with E-state index < -0.39 is 0 Å². The Morgan fingerprint density at radius 1 is 0.909 bits per heavy atom. The fourth-order valence-corrected chi connectivity index (χ4v) is 3.54. The van der Waals surface area contributed by atoms with Gasteiger partial charge in [-0.3, -0.25) is 19.3 Å². The first-order valence-electron chi connectivity index (χ1n) is 11.3. The molecule has 0 spiro atoms. The van der Waals surface area contributed by atoms with E-state index in [0.717, 1.165) is 18.4 Å². The minimum Gasteiger partial charge on any atom is -0.381 e. The number of unbranched alkanes of at least 4 members (excludes halogenated alkanes) is 1. The number of carbonyl (C=O) groups is 3. The van der Waals surface area contributed by atoms with Crippen LogP contribution in [-0.2, 0) is 19.1 Å². The molecule has 0 unspecified atom stereocenters. The molecule has 33 heavy (non-hydrogen) atoms. The van der Waals surface area contributed by atoms with Gasteiger partial charge in [0.2, 0.25) is 5.91 Å². The molecule has 1 aliphatic heterocycles. The van der Waals surface area contributed by atoms with Crippen LogP contribution in [-0.4, -0.2) is 42.4 Å². The second-order valence-corrected chi connectivity index (χ2v) is 8.08.